The minimum absolute atomic E-state index is 0.00958. The monoisotopic (exact) mass is 164 g/mol. The number of hydrogen-bond acceptors (Lipinski definition) is 2. The van der Waals surface area contributed by atoms with E-state index in [1.165, 1.54) is 0 Å². The van der Waals surface area contributed by atoms with Crippen LogP contribution in [-0.4, -0.2) is 23.4 Å². The van der Waals surface area contributed by atoms with Gasteiger partial charge in [0.1, 0.15) is 6.42 Å². The number of carbonyl (C=O) groups is 1. The molecule has 1 rings (SSSR count). The maximum atomic E-state index is 11.3. The second-order valence-electron chi connectivity index (χ2n) is 2.90. The van der Waals surface area contributed by atoms with Gasteiger partial charge < -0.3 is 4.90 Å². The molecule has 0 aromatic heterocycles. The van der Waals surface area contributed by atoms with Crippen molar-refractivity contribution < 1.29 is 4.79 Å². The summed E-state index contributed by atoms with van der Waals surface area (Å²) in [6.07, 6.45) is 3.84. The predicted molar refractivity (Wildman–Crippen MR) is 45.2 cm³/mol. The lowest BCUT2D eigenvalue weighted by Crippen LogP contribution is -2.32. The SMILES string of the molecule is C=CCN(C(=O)CC#N)C1CC1. The molecule has 1 amide bonds. The molecule has 0 N–H and O–H groups in total. The molecule has 0 saturated heterocycles. The molecular formula is C9H12N2O. The molecule has 1 saturated carbocycles. The van der Waals surface area contributed by atoms with Gasteiger partial charge in [-0.3, -0.25) is 4.79 Å². The van der Waals surface area contributed by atoms with E-state index in [1.807, 2.05) is 6.07 Å². The fourth-order valence-electron chi connectivity index (χ4n) is 1.15. The Morgan fingerprint density at radius 3 is 2.83 bits per heavy atom. The van der Waals surface area contributed by atoms with Gasteiger partial charge in [-0.2, -0.15) is 5.26 Å². The molecule has 1 aliphatic rings. The maximum absolute atomic E-state index is 11.3. The largest absolute Gasteiger partial charge is 0.335 e. The molecular weight excluding hydrogens is 152 g/mol. The Bertz CT molecular complexity index is 225. The van der Waals surface area contributed by atoms with Crippen LogP contribution in [0.4, 0.5) is 0 Å². The highest BCUT2D eigenvalue weighted by atomic mass is 16.2. The van der Waals surface area contributed by atoms with Gasteiger partial charge in [-0.05, 0) is 12.8 Å². The first kappa shape index (κ1) is 8.79. The summed E-state index contributed by atoms with van der Waals surface area (Å²) < 4.78 is 0. The Hall–Kier alpha value is -1.30. The third-order valence-electron chi connectivity index (χ3n) is 1.86. The first-order chi connectivity index (χ1) is 5.79. The van der Waals surface area contributed by atoms with Gasteiger partial charge in [0.05, 0.1) is 6.07 Å². The fraction of sp³-hybridized carbons (Fsp3) is 0.556. The topological polar surface area (TPSA) is 44.1 Å². The lowest BCUT2D eigenvalue weighted by atomic mass is 10.3. The van der Waals surface area contributed by atoms with Crippen molar-refractivity contribution >= 4 is 5.91 Å². The van der Waals surface area contributed by atoms with Crippen LogP contribution in [0.3, 0.4) is 0 Å². The molecule has 64 valence electrons. The first-order valence-corrected chi connectivity index (χ1v) is 4.07. The van der Waals surface area contributed by atoms with Crippen LogP contribution in [0.2, 0.25) is 0 Å². The Labute approximate surface area is 72.3 Å². The highest BCUT2D eigenvalue weighted by Crippen LogP contribution is 2.26. The van der Waals surface area contributed by atoms with Gasteiger partial charge in [-0.25, -0.2) is 0 Å². The van der Waals surface area contributed by atoms with Crippen LogP contribution in [-0.2, 0) is 4.79 Å². The highest BCUT2D eigenvalue weighted by Gasteiger charge is 2.31. The zero-order valence-corrected chi connectivity index (χ0v) is 6.99. The lowest BCUT2D eigenvalue weighted by molar-refractivity contribution is -0.130. The molecule has 3 heteroatoms. The molecule has 0 spiro atoms. The normalized spacial score (nSPS) is 14.9. The van der Waals surface area contributed by atoms with Crippen molar-refractivity contribution in [2.75, 3.05) is 6.54 Å². The van der Waals surface area contributed by atoms with Crippen LogP contribution in [0, 0.1) is 11.3 Å². The molecule has 0 bridgehead atoms. The standard InChI is InChI=1S/C9H12N2O/c1-2-7-11(8-3-4-8)9(12)5-6-10/h2,8H,1,3-5,7H2. The van der Waals surface area contributed by atoms with Gasteiger partial charge in [-0.1, -0.05) is 6.08 Å². The quantitative estimate of drug-likeness (QED) is 0.583. The average Bonchev–Trinajstić information content (AvgIpc) is 2.83. The Balaban J connectivity index is 2.46. The molecule has 3 nitrogen and oxygen atoms in total. The van der Waals surface area contributed by atoms with Crippen LogP contribution < -0.4 is 0 Å². The van der Waals surface area contributed by atoms with Crippen LogP contribution >= 0.6 is 0 Å². The predicted octanol–water partition coefficient (Wildman–Crippen LogP) is 1.08. The number of amides is 1. The van der Waals surface area contributed by atoms with Gasteiger partial charge in [0.15, 0.2) is 0 Å². The number of nitrogens with zero attached hydrogens (tertiary/aromatic N) is 2. The van der Waals surface area contributed by atoms with E-state index >= 15 is 0 Å². The van der Waals surface area contributed by atoms with E-state index in [-0.39, 0.29) is 12.3 Å². The van der Waals surface area contributed by atoms with Gasteiger partial charge >= 0.3 is 0 Å². The minimum atomic E-state index is -0.0695. The van der Waals surface area contributed by atoms with Gasteiger partial charge in [0.25, 0.3) is 0 Å². The smallest absolute Gasteiger partial charge is 0.237 e. The third-order valence-corrected chi connectivity index (χ3v) is 1.86. The zero-order valence-electron chi connectivity index (χ0n) is 6.99. The van der Waals surface area contributed by atoms with Crippen molar-refractivity contribution in [3.05, 3.63) is 12.7 Å². The van der Waals surface area contributed by atoms with Crippen molar-refractivity contribution in [3.63, 3.8) is 0 Å². The van der Waals surface area contributed by atoms with Gasteiger partial charge in [0.2, 0.25) is 5.91 Å². The van der Waals surface area contributed by atoms with Crippen molar-refractivity contribution in [3.8, 4) is 6.07 Å². The average molecular weight is 164 g/mol. The third kappa shape index (κ3) is 2.09. The first-order valence-electron chi connectivity index (χ1n) is 4.07. The molecule has 0 aromatic carbocycles. The van der Waals surface area contributed by atoms with E-state index in [0.717, 1.165) is 12.8 Å². The second kappa shape index (κ2) is 3.91. The van der Waals surface area contributed by atoms with Crippen LogP contribution in [0.5, 0.6) is 0 Å². The van der Waals surface area contributed by atoms with Crippen molar-refractivity contribution in [1.82, 2.24) is 4.90 Å². The fourth-order valence-corrected chi connectivity index (χ4v) is 1.15. The number of carbonyl (C=O) groups excluding carboxylic acids is 1. The zero-order chi connectivity index (χ0) is 8.97. The summed E-state index contributed by atoms with van der Waals surface area (Å²) in [5.74, 6) is -0.0695. The van der Waals surface area contributed by atoms with E-state index in [0.29, 0.717) is 12.6 Å². The molecule has 1 fully saturated rings. The summed E-state index contributed by atoms with van der Waals surface area (Å²) in [6.45, 7) is 4.15. The van der Waals surface area contributed by atoms with Gasteiger partial charge in [-0.15, -0.1) is 6.58 Å². The second-order valence-corrected chi connectivity index (χ2v) is 2.90. The maximum Gasteiger partial charge on any atom is 0.237 e. The highest BCUT2D eigenvalue weighted by molar-refractivity contribution is 5.79. The van der Waals surface area contributed by atoms with Crippen LogP contribution in [0.15, 0.2) is 12.7 Å². The molecule has 0 radical (unpaired) electrons. The lowest BCUT2D eigenvalue weighted by Gasteiger charge is -2.18. The van der Waals surface area contributed by atoms with E-state index in [2.05, 4.69) is 6.58 Å². The molecule has 0 atom stereocenters. The van der Waals surface area contributed by atoms with E-state index in [9.17, 15) is 4.79 Å². The Morgan fingerprint density at radius 2 is 2.42 bits per heavy atom. The summed E-state index contributed by atoms with van der Waals surface area (Å²) in [5.41, 5.74) is 0. The molecule has 12 heavy (non-hydrogen) atoms. The van der Waals surface area contributed by atoms with Crippen molar-refractivity contribution in [1.29, 1.82) is 5.26 Å². The Kier molecular flexibility index (Phi) is 2.87. The van der Waals surface area contributed by atoms with E-state index in [1.54, 1.807) is 11.0 Å². The molecule has 0 heterocycles. The number of hydrogen-bond donors (Lipinski definition) is 0. The molecule has 0 aromatic rings. The van der Waals surface area contributed by atoms with E-state index < -0.39 is 0 Å². The molecule has 0 aliphatic heterocycles. The minimum Gasteiger partial charge on any atom is -0.335 e. The summed E-state index contributed by atoms with van der Waals surface area (Å²) in [7, 11) is 0. The Morgan fingerprint density at radius 1 is 1.75 bits per heavy atom. The van der Waals surface area contributed by atoms with Crippen LogP contribution in [0.1, 0.15) is 19.3 Å². The van der Waals surface area contributed by atoms with Crippen molar-refractivity contribution in [2.24, 2.45) is 0 Å². The number of rotatable bonds is 4. The summed E-state index contributed by atoms with van der Waals surface area (Å²) in [6, 6.07) is 2.24. The van der Waals surface area contributed by atoms with Gasteiger partial charge in [0, 0.05) is 12.6 Å². The van der Waals surface area contributed by atoms with E-state index in [4.69, 9.17) is 5.26 Å². The molecule has 1 aliphatic carbocycles. The summed E-state index contributed by atoms with van der Waals surface area (Å²) in [5, 5.41) is 8.33. The van der Waals surface area contributed by atoms with Crippen molar-refractivity contribution in [2.45, 2.75) is 25.3 Å². The molecule has 0 unspecified atom stereocenters. The van der Waals surface area contributed by atoms with Crippen LogP contribution in [0.25, 0.3) is 0 Å². The number of nitriles is 1. The summed E-state index contributed by atoms with van der Waals surface area (Å²) >= 11 is 0. The summed E-state index contributed by atoms with van der Waals surface area (Å²) in [4.78, 5) is 13.0.